The third-order valence-corrected chi connectivity index (χ3v) is 6.18. The smallest absolute Gasteiger partial charge is 0.249 e. The molecule has 1 spiro atoms. The van der Waals surface area contributed by atoms with Crippen LogP contribution in [0.15, 0.2) is 11.6 Å². The van der Waals surface area contributed by atoms with Crippen LogP contribution in [0.4, 0.5) is 0 Å². The maximum atomic E-state index is 12.2. The molecule has 6 heteroatoms. The van der Waals surface area contributed by atoms with Crippen molar-refractivity contribution in [1.29, 1.82) is 0 Å². The molecule has 1 atom stereocenters. The van der Waals surface area contributed by atoms with Crippen molar-refractivity contribution < 1.29 is 9.53 Å². The number of carbonyl (C=O) groups excluding carboxylic acids is 1. The Kier molecular flexibility index (Phi) is 4.39. The predicted molar refractivity (Wildman–Crippen MR) is 89.2 cm³/mol. The highest BCUT2D eigenvalue weighted by Crippen LogP contribution is 2.39. The van der Waals surface area contributed by atoms with E-state index in [4.69, 9.17) is 4.74 Å². The predicted octanol–water partition coefficient (Wildman–Crippen LogP) is 2.18. The standard InChI is InChI=1S/C17H25N3O2S/c21-16(19-11-13-1-2-13)14-3-4-17(22-14)5-8-20(9-6-17)12-15-18-7-10-23-15/h7,10,13-14H,1-6,8-9,11-12H2,(H,19,21). The summed E-state index contributed by atoms with van der Waals surface area (Å²) in [5, 5.41) is 6.28. The second kappa shape index (κ2) is 6.49. The van der Waals surface area contributed by atoms with Crippen LogP contribution in [0.25, 0.3) is 0 Å². The first-order valence-corrected chi connectivity index (χ1v) is 9.67. The largest absolute Gasteiger partial charge is 0.362 e. The van der Waals surface area contributed by atoms with E-state index in [1.807, 2.05) is 11.6 Å². The van der Waals surface area contributed by atoms with Gasteiger partial charge < -0.3 is 10.1 Å². The number of carbonyl (C=O) groups is 1. The van der Waals surface area contributed by atoms with E-state index in [2.05, 4.69) is 15.2 Å². The molecule has 2 saturated heterocycles. The highest BCUT2D eigenvalue weighted by atomic mass is 32.1. The molecule has 1 saturated carbocycles. The van der Waals surface area contributed by atoms with Crippen molar-refractivity contribution in [3.8, 4) is 0 Å². The van der Waals surface area contributed by atoms with Gasteiger partial charge in [-0.1, -0.05) is 0 Å². The molecule has 4 rings (SSSR count). The molecule has 0 bridgehead atoms. The van der Waals surface area contributed by atoms with E-state index >= 15 is 0 Å². The number of hydrogen-bond donors (Lipinski definition) is 1. The summed E-state index contributed by atoms with van der Waals surface area (Å²) in [6.45, 7) is 3.86. The van der Waals surface area contributed by atoms with Crippen LogP contribution in [0.3, 0.4) is 0 Å². The van der Waals surface area contributed by atoms with Crippen molar-refractivity contribution >= 4 is 17.2 Å². The normalized spacial score (nSPS) is 27.4. The number of nitrogens with one attached hydrogen (secondary N) is 1. The minimum Gasteiger partial charge on any atom is -0.362 e. The number of ether oxygens (including phenoxy) is 1. The molecule has 3 aliphatic rings. The third kappa shape index (κ3) is 3.75. The molecule has 1 amide bonds. The zero-order chi connectivity index (χ0) is 15.7. The molecule has 1 aromatic rings. The Hall–Kier alpha value is -0.980. The molecule has 0 aromatic carbocycles. The van der Waals surface area contributed by atoms with Gasteiger partial charge in [0, 0.05) is 31.2 Å². The number of nitrogens with zero attached hydrogens (tertiary/aromatic N) is 2. The number of hydrogen-bond acceptors (Lipinski definition) is 5. The van der Waals surface area contributed by atoms with Gasteiger partial charge >= 0.3 is 0 Å². The summed E-state index contributed by atoms with van der Waals surface area (Å²) in [4.78, 5) is 19.0. The fourth-order valence-electron chi connectivity index (χ4n) is 3.69. The summed E-state index contributed by atoms with van der Waals surface area (Å²) in [5.41, 5.74) is -0.0546. The van der Waals surface area contributed by atoms with E-state index in [9.17, 15) is 4.79 Å². The molecule has 0 radical (unpaired) electrons. The Morgan fingerprint density at radius 3 is 2.87 bits per heavy atom. The third-order valence-electron chi connectivity index (χ3n) is 5.42. The minimum absolute atomic E-state index is 0.0546. The molecule has 1 aromatic heterocycles. The lowest BCUT2D eigenvalue weighted by Crippen LogP contribution is -2.45. The molecule has 3 fully saturated rings. The van der Waals surface area contributed by atoms with Crippen molar-refractivity contribution in [3.63, 3.8) is 0 Å². The summed E-state index contributed by atoms with van der Waals surface area (Å²) >= 11 is 1.72. The van der Waals surface area contributed by atoms with E-state index in [1.54, 1.807) is 11.3 Å². The van der Waals surface area contributed by atoms with Gasteiger partial charge in [-0.3, -0.25) is 9.69 Å². The number of aromatic nitrogens is 1. The second-order valence-electron chi connectivity index (χ2n) is 7.22. The molecule has 3 heterocycles. The van der Waals surface area contributed by atoms with Gasteiger partial charge in [0.15, 0.2) is 0 Å². The van der Waals surface area contributed by atoms with Gasteiger partial charge in [-0.25, -0.2) is 4.98 Å². The first-order valence-electron chi connectivity index (χ1n) is 8.79. The van der Waals surface area contributed by atoms with Gasteiger partial charge in [0.25, 0.3) is 0 Å². The molecule has 1 aliphatic carbocycles. The summed E-state index contributed by atoms with van der Waals surface area (Å²) in [5.74, 6) is 0.836. The van der Waals surface area contributed by atoms with E-state index < -0.39 is 0 Å². The first-order chi connectivity index (χ1) is 11.2. The zero-order valence-electron chi connectivity index (χ0n) is 13.5. The van der Waals surface area contributed by atoms with Crippen molar-refractivity contribution in [2.45, 2.75) is 56.8 Å². The molecule has 5 nitrogen and oxygen atoms in total. The summed E-state index contributed by atoms with van der Waals surface area (Å²) in [6.07, 6.45) is 8.16. The first kappa shape index (κ1) is 15.5. The van der Waals surface area contributed by atoms with E-state index in [1.165, 1.54) is 17.8 Å². The highest BCUT2D eigenvalue weighted by Gasteiger charge is 2.44. The van der Waals surface area contributed by atoms with Crippen molar-refractivity contribution in [2.75, 3.05) is 19.6 Å². The summed E-state index contributed by atoms with van der Waals surface area (Å²) < 4.78 is 6.24. The Morgan fingerprint density at radius 1 is 1.35 bits per heavy atom. The fourth-order valence-corrected chi connectivity index (χ4v) is 4.35. The van der Waals surface area contributed by atoms with Crippen LogP contribution in [0.1, 0.15) is 43.5 Å². The van der Waals surface area contributed by atoms with Crippen molar-refractivity contribution in [2.24, 2.45) is 5.92 Å². The fraction of sp³-hybridized carbons (Fsp3) is 0.765. The number of rotatable bonds is 5. The van der Waals surface area contributed by atoms with Gasteiger partial charge in [0.2, 0.25) is 5.91 Å². The molecule has 23 heavy (non-hydrogen) atoms. The zero-order valence-corrected chi connectivity index (χ0v) is 14.3. The van der Waals surface area contributed by atoms with Crippen LogP contribution in [0, 0.1) is 5.92 Å². The topological polar surface area (TPSA) is 54.5 Å². The number of piperidine rings is 1. The number of amides is 1. The Bertz CT molecular complexity index is 536. The van der Waals surface area contributed by atoms with Gasteiger partial charge in [0.05, 0.1) is 12.1 Å². The van der Waals surface area contributed by atoms with E-state index in [0.717, 1.165) is 57.8 Å². The minimum atomic E-state index is -0.223. The van der Waals surface area contributed by atoms with Crippen LogP contribution < -0.4 is 5.32 Å². The van der Waals surface area contributed by atoms with Gasteiger partial charge in [-0.2, -0.15) is 0 Å². The molecule has 1 N–H and O–H groups in total. The molecular formula is C17H25N3O2S. The van der Waals surface area contributed by atoms with E-state index in [-0.39, 0.29) is 17.6 Å². The van der Waals surface area contributed by atoms with Gasteiger partial charge in [-0.15, -0.1) is 11.3 Å². The maximum absolute atomic E-state index is 12.2. The monoisotopic (exact) mass is 335 g/mol. The van der Waals surface area contributed by atoms with Crippen molar-refractivity contribution in [1.82, 2.24) is 15.2 Å². The molecule has 1 unspecified atom stereocenters. The van der Waals surface area contributed by atoms with Crippen LogP contribution >= 0.6 is 11.3 Å². The maximum Gasteiger partial charge on any atom is 0.249 e. The summed E-state index contributed by atoms with van der Waals surface area (Å²) in [6, 6.07) is 0. The quantitative estimate of drug-likeness (QED) is 0.896. The van der Waals surface area contributed by atoms with E-state index in [0.29, 0.717) is 0 Å². The average molecular weight is 335 g/mol. The molecule has 126 valence electrons. The summed E-state index contributed by atoms with van der Waals surface area (Å²) in [7, 11) is 0. The Labute approximate surface area is 141 Å². The molecule has 2 aliphatic heterocycles. The van der Waals surface area contributed by atoms with Gasteiger partial charge in [-0.05, 0) is 44.4 Å². The second-order valence-corrected chi connectivity index (χ2v) is 8.20. The SMILES string of the molecule is O=C(NCC1CC1)C1CCC2(CCN(Cc3nccs3)CC2)O1. The number of likely N-dealkylation sites (tertiary alicyclic amines) is 1. The lowest BCUT2D eigenvalue weighted by atomic mass is 9.88. The van der Waals surface area contributed by atoms with Crippen LogP contribution in [-0.2, 0) is 16.1 Å². The van der Waals surface area contributed by atoms with Crippen molar-refractivity contribution in [3.05, 3.63) is 16.6 Å². The number of thiazole rings is 1. The van der Waals surface area contributed by atoms with Gasteiger partial charge in [0.1, 0.15) is 11.1 Å². The molecular weight excluding hydrogens is 310 g/mol. The van der Waals surface area contributed by atoms with Crippen LogP contribution in [-0.4, -0.2) is 47.1 Å². The lowest BCUT2D eigenvalue weighted by molar-refractivity contribution is -0.140. The Morgan fingerprint density at radius 2 is 2.17 bits per heavy atom. The highest BCUT2D eigenvalue weighted by molar-refractivity contribution is 7.09. The Balaban J connectivity index is 1.25. The average Bonchev–Trinajstić information content (AvgIpc) is 3.08. The van der Waals surface area contributed by atoms with Crippen LogP contribution in [0.2, 0.25) is 0 Å². The lowest BCUT2D eigenvalue weighted by Gasteiger charge is -2.38. The van der Waals surface area contributed by atoms with Crippen LogP contribution in [0.5, 0.6) is 0 Å².